The van der Waals surface area contributed by atoms with E-state index in [1.54, 1.807) is 0 Å². The molecule has 0 atom stereocenters. The zero-order chi connectivity index (χ0) is 12.2. The van der Waals surface area contributed by atoms with Crippen molar-refractivity contribution in [3.63, 3.8) is 0 Å². The van der Waals surface area contributed by atoms with Crippen LogP contribution in [0.15, 0.2) is 35.9 Å². The highest BCUT2D eigenvalue weighted by Gasteiger charge is 2.36. The van der Waals surface area contributed by atoms with Gasteiger partial charge in [-0.1, -0.05) is 0 Å². The Morgan fingerprint density at radius 3 is 2.62 bits per heavy atom. The first-order valence-electron chi connectivity index (χ1n) is 4.19. The maximum Gasteiger partial charge on any atom is 0.433 e. The summed E-state index contributed by atoms with van der Waals surface area (Å²) in [6.07, 6.45) is -1.55. The molecule has 0 unspecified atom stereocenters. The molecule has 16 heavy (non-hydrogen) atoms. The summed E-state index contributed by atoms with van der Waals surface area (Å²) in [4.78, 5) is 3.65. The molecule has 1 rings (SSSR count). The number of allylic oxidation sites excluding steroid dienone is 2. The fourth-order valence-electron chi connectivity index (χ4n) is 0.960. The highest BCUT2D eigenvalue weighted by atomic mass is 19.4. The molecule has 0 radical (unpaired) electrons. The number of aromatic nitrogens is 1. The average molecular weight is 230 g/mol. The maximum absolute atomic E-state index is 12.5. The standard InChI is InChI=1S/C9H9F3N4/c10-9(11,12)8(7(14)4-13)16-6-2-1-3-15-5-6/h1-5,13,16H,14H2/b8-7+,13-4?. The Morgan fingerprint density at radius 1 is 1.50 bits per heavy atom. The van der Waals surface area contributed by atoms with Crippen molar-refractivity contribution in [2.45, 2.75) is 6.18 Å². The van der Waals surface area contributed by atoms with Crippen molar-refractivity contribution in [1.29, 1.82) is 5.41 Å². The van der Waals surface area contributed by atoms with E-state index in [-0.39, 0.29) is 5.69 Å². The number of halogens is 3. The first-order chi connectivity index (χ1) is 7.45. The van der Waals surface area contributed by atoms with Gasteiger partial charge >= 0.3 is 6.18 Å². The van der Waals surface area contributed by atoms with E-state index in [0.717, 1.165) is 0 Å². The molecule has 4 nitrogen and oxygen atoms in total. The molecule has 0 aliphatic heterocycles. The van der Waals surface area contributed by atoms with Gasteiger partial charge in [0.15, 0.2) is 0 Å². The van der Waals surface area contributed by atoms with Gasteiger partial charge in [0, 0.05) is 12.4 Å². The summed E-state index contributed by atoms with van der Waals surface area (Å²) in [5.41, 5.74) is 3.38. The van der Waals surface area contributed by atoms with E-state index in [1.807, 2.05) is 0 Å². The van der Waals surface area contributed by atoms with Crippen LogP contribution < -0.4 is 11.1 Å². The molecule has 0 fully saturated rings. The number of nitrogens with two attached hydrogens (primary N) is 1. The molecule has 0 saturated carbocycles. The van der Waals surface area contributed by atoms with Crippen molar-refractivity contribution in [2.75, 3.05) is 5.32 Å². The fourth-order valence-corrected chi connectivity index (χ4v) is 0.960. The van der Waals surface area contributed by atoms with Crippen molar-refractivity contribution < 1.29 is 13.2 Å². The van der Waals surface area contributed by atoms with E-state index in [0.29, 0.717) is 6.21 Å². The smallest absolute Gasteiger partial charge is 0.396 e. The summed E-state index contributed by atoms with van der Waals surface area (Å²) in [5, 5.41) is 8.81. The number of nitrogens with one attached hydrogen (secondary N) is 2. The van der Waals surface area contributed by atoms with Gasteiger partial charge in [-0.25, -0.2) is 0 Å². The summed E-state index contributed by atoms with van der Waals surface area (Å²) in [6.45, 7) is 0. The van der Waals surface area contributed by atoms with Gasteiger partial charge in [0.25, 0.3) is 0 Å². The molecule has 0 bridgehead atoms. The van der Waals surface area contributed by atoms with Crippen LogP contribution in [0.5, 0.6) is 0 Å². The highest BCUT2D eigenvalue weighted by molar-refractivity contribution is 5.77. The van der Waals surface area contributed by atoms with Crippen LogP contribution >= 0.6 is 0 Å². The zero-order valence-electron chi connectivity index (χ0n) is 8.05. The second-order valence-corrected chi connectivity index (χ2v) is 2.84. The molecule has 0 amide bonds. The SMILES string of the molecule is N=C/C(N)=C(\Nc1cccnc1)C(F)(F)F. The van der Waals surface area contributed by atoms with E-state index in [1.165, 1.54) is 24.5 Å². The number of pyridine rings is 1. The van der Waals surface area contributed by atoms with E-state index in [9.17, 15) is 13.2 Å². The first-order valence-corrected chi connectivity index (χ1v) is 4.19. The molecule has 0 saturated heterocycles. The minimum atomic E-state index is -4.64. The molecule has 4 N–H and O–H groups in total. The molecule has 0 aliphatic rings. The minimum absolute atomic E-state index is 0.152. The van der Waals surface area contributed by atoms with Crippen LogP contribution in [-0.2, 0) is 0 Å². The number of hydrogen-bond donors (Lipinski definition) is 3. The predicted molar refractivity (Wildman–Crippen MR) is 53.9 cm³/mol. The molecular formula is C9H9F3N4. The van der Waals surface area contributed by atoms with Gasteiger partial charge in [0.1, 0.15) is 5.70 Å². The fraction of sp³-hybridized carbons (Fsp3) is 0.111. The van der Waals surface area contributed by atoms with Crippen LogP contribution in [0.4, 0.5) is 18.9 Å². The van der Waals surface area contributed by atoms with Crippen molar-refractivity contribution in [3.05, 3.63) is 35.9 Å². The molecule has 7 heteroatoms. The van der Waals surface area contributed by atoms with E-state index >= 15 is 0 Å². The van der Waals surface area contributed by atoms with Crippen molar-refractivity contribution >= 4 is 11.9 Å². The summed E-state index contributed by atoms with van der Waals surface area (Å²) >= 11 is 0. The Kier molecular flexibility index (Phi) is 3.49. The summed E-state index contributed by atoms with van der Waals surface area (Å²) in [6, 6.07) is 2.90. The lowest BCUT2D eigenvalue weighted by molar-refractivity contribution is -0.0907. The Balaban J connectivity index is 3.03. The van der Waals surface area contributed by atoms with Gasteiger partial charge in [-0.15, -0.1) is 0 Å². The normalized spacial score (nSPS) is 12.9. The lowest BCUT2D eigenvalue weighted by atomic mass is 10.3. The monoisotopic (exact) mass is 230 g/mol. The summed E-state index contributed by atoms with van der Waals surface area (Å²) in [5.74, 6) is 0. The third kappa shape index (κ3) is 2.97. The Hall–Kier alpha value is -2.05. The van der Waals surface area contributed by atoms with E-state index < -0.39 is 17.6 Å². The van der Waals surface area contributed by atoms with Crippen LogP contribution in [0.2, 0.25) is 0 Å². The molecule has 0 spiro atoms. The van der Waals surface area contributed by atoms with Gasteiger partial charge < -0.3 is 16.5 Å². The molecule has 0 aliphatic carbocycles. The number of anilines is 1. The molecule has 1 aromatic rings. The number of hydrogen-bond acceptors (Lipinski definition) is 4. The van der Waals surface area contributed by atoms with Gasteiger partial charge in [-0.3, -0.25) is 4.98 Å². The average Bonchev–Trinajstić information content (AvgIpc) is 2.25. The van der Waals surface area contributed by atoms with Crippen molar-refractivity contribution in [2.24, 2.45) is 5.73 Å². The minimum Gasteiger partial charge on any atom is -0.396 e. The molecule has 86 valence electrons. The van der Waals surface area contributed by atoms with Crippen molar-refractivity contribution in [3.8, 4) is 0 Å². The first kappa shape index (κ1) is 12.0. The summed E-state index contributed by atoms with van der Waals surface area (Å²) < 4.78 is 37.6. The Morgan fingerprint density at radius 2 is 2.19 bits per heavy atom. The van der Waals surface area contributed by atoms with Crippen LogP contribution in [0, 0.1) is 5.41 Å². The van der Waals surface area contributed by atoms with Gasteiger partial charge in [0.2, 0.25) is 0 Å². The maximum atomic E-state index is 12.5. The Bertz CT molecular complexity index is 397. The number of rotatable bonds is 3. The Labute approximate surface area is 89.5 Å². The largest absolute Gasteiger partial charge is 0.433 e. The predicted octanol–water partition coefficient (Wildman–Crippen LogP) is 1.88. The lowest BCUT2D eigenvalue weighted by Gasteiger charge is -2.15. The van der Waals surface area contributed by atoms with Gasteiger partial charge in [-0.2, -0.15) is 13.2 Å². The highest BCUT2D eigenvalue weighted by Crippen LogP contribution is 2.27. The van der Waals surface area contributed by atoms with Crippen molar-refractivity contribution in [1.82, 2.24) is 4.98 Å². The third-order valence-corrected chi connectivity index (χ3v) is 1.66. The van der Waals surface area contributed by atoms with Crippen LogP contribution in [0.25, 0.3) is 0 Å². The lowest BCUT2D eigenvalue weighted by Crippen LogP contribution is -2.24. The van der Waals surface area contributed by atoms with Crippen LogP contribution in [-0.4, -0.2) is 17.4 Å². The molecule has 0 aromatic carbocycles. The van der Waals surface area contributed by atoms with E-state index in [2.05, 4.69) is 10.3 Å². The van der Waals surface area contributed by atoms with Gasteiger partial charge in [0.05, 0.1) is 17.6 Å². The number of alkyl halides is 3. The zero-order valence-corrected chi connectivity index (χ0v) is 8.05. The molecular weight excluding hydrogens is 221 g/mol. The third-order valence-electron chi connectivity index (χ3n) is 1.66. The molecule has 1 heterocycles. The van der Waals surface area contributed by atoms with Crippen LogP contribution in [0.3, 0.4) is 0 Å². The topological polar surface area (TPSA) is 74.8 Å². The number of nitrogens with zero attached hydrogens (tertiary/aromatic N) is 1. The molecule has 1 aromatic heterocycles. The van der Waals surface area contributed by atoms with Crippen LogP contribution in [0.1, 0.15) is 0 Å². The quantitative estimate of drug-likeness (QED) is 0.694. The van der Waals surface area contributed by atoms with E-state index in [4.69, 9.17) is 11.1 Å². The van der Waals surface area contributed by atoms with Gasteiger partial charge in [-0.05, 0) is 12.1 Å². The summed E-state index contributed by atoms with van der Waals surface area (Å²) in [7, 11) is 0. The second kappa shape index (κ2) is 4.65. The second-order valence-electron chi connectivity index (χ2n) is 2.84.